The lowest BCUT2D eigenvalue weighted by Gasteiger charge is -2.44. The van der Waals surface area contributed by atoms with Gasteiger partial charge >= 0.3 is 0 Å². The summed E-state index contributed by atoms with van der Waals surface area (Å²) in [5.74, 6) is 0. The Hall–Kier alpha value is -0.170. The van der Waals surface area contributed by atoms with Gasteiger partial charge in [-0.1, -0.05) is 19.3 Å². The van der Waals surface area contributed by atoms with Gasteiger partial charge < -0.3 is 4.74 Å². The molecule has 19 heavy (non-hydrogen) atoms. The zero-order chi connectivity index (χ0) is 13.3. The van der Waals surface area contributed by atoms with Gasteiger partial charge in [0.15, 0.2) is 0 Å². The maximum absolute atomic E-state index is 12.8. The van der Waals surface area contributed by atoms with Crippen molar-refractivity contribution in [2.45, 2.75) is 57.1 Å². The second kappa shape index (κ2) is 5.68. The molecule has 110 valence electrons. The van der Waals surface area contributed by atoms with E-state index in [0.717, 1.165) is 38.5 Å². The highest BCUT2D eigenvalue weighted by molar-refractivity contribution is 7.86. The van der Waals surface area contributed by atoms with E-state index in [1.54, 1.807) is 8.61 Å². The van der Waals surface area contributed by atoms with E-state index in [-0.39, 0.29) is 12.1 Å². The van der Waals surface area contributed by atoms with Crippen LogP contribution in [0.15, 0.2) is 0 Å². The van der Waals surface area contributed by atoms with Gasteiger partial charge in [-0.05, 0) is 25.7 Å². The minimum Gasteiger partial charge on any atom is -0.375 e. The van der Waals surface area contributed by atoms with Crippen LogP contribution in [0.2, 0.25) is 0 Å². The van der Waals surface area contributed by atoms with Crippen molar-refractivity contribution < 1.29 is 13.2 Å². The van der Waals surface area contributed by atoms with Crippen molar-refractivity contribution in [2.24, 2.45) is 0 Å². The van der Waals surface area contributed by atoms with E-state index in [4.69, 9.17) is 4.74 Å². The third-order valence-electron chi connectivity index (χ3n) is 4.62. The predicted molar refractivity (Wildman–Crippen MR) is 73.0 cm³/mol. The second-order valence-electron chi connectivity index (χ2n) is 5.84. The number of hydrogen-bond donors (Lipinski definition) is 0. The minimum atomic E-state index is -3.27. The van der Waals surface area contributed by atoms with Crippen LogP contribution in [0.3, 0.4) is 0 Å². The highest BCUT2D eigenvalue weighted by Gasteiger charge is 2.42. The summed E-state index contributed by atoms with van der Waals surface area (Å²) < 4.78 is 34.8. The molecule has 6 heteroatoms. The van der Waals surface area contributed by atoms with Crippen molar-refractivity contribution in [3.63, 3.8) is 0 Å². The molecule has 2 heterocycles. The highest BCUT2D eigenvalue weighted by atomic mass is 32.2. The van der Waals surface area contributed by atoms with Crippen molar-refractivity contribution in [2.75, 3.05) is 26.2 Å². The van der Waals surface area contributed by atoms with Gasteiger partial charge in [0, 0.05) is 19.6 Å². The van der Waals surface area contributed by atoms with Crippen LogP contribution in [0.4, 0.5) is 0 Å². The normalized spacial score (nSPS) is 34.9. The molecule has 5 nitrogen and oxygen atoms in total. The van der Waals surface area contributed by atoms with E-state index < -0.39 is 10.2 Å². The molecular weight excluding hydrogens is 264 g/mol. The standard InChI is InChI=1S/C13H24N2O3S/c16-19(17,14-8-4-1-5-9-14)15-10-11-18-13-7-3-2-6-12(13)15/h12-13H,1-11H2/t12-,13+/m1/s1. The van der Waals surface area contributed by atoms with Gasteiger partial charge in [0.25, 0.3) is 10.2 Å². The maximum Gasteiger partial charge on any atom is 0.282 e. The Morgan fingerprint density at radius 2 is 1.63 bits per heavy atom. The molecule has 0 spiro atoms. The third-order valence-corrected chi connectivity index (χ3v) is 6.68. The third kappa shape index (κ3) is 2.68. The Labute approximate surface area is 116 Å². The Morgan fingerprint density at radius 1 is 0.895 bits per heavy atom. The number of ether oxygens (including phenoxy) is 1. The molecule has 2 saturated heterocycles. The largest absolute Gasteiger partial charge is 0.375 e. The summed E-state index contributed by atoms with van der Waals surface area (Å²) in [6.07, 6.45) is 7.53. The van der Waals surface area contributed by atoms with Gasteiger partial charge in [0.1, 0.15) is 0 Å². The lowest BCUT2D eigenvalue weighted by atomic mass is 9.91. The molecule has 0 amide bonds. The molecule has 1 aliphatic carbocycles. The van der Waals surface area contributed by atoms with Crippen LogP contribution < -0.4 is 0 Å². The van der Waals surface area contributed by atoms with Crippen molar-refractivity contribution in [1.82, 2.24) is 8.61 Å². The van der Waals surface area contributed by atoms with Crippen LogP contribution in [0.25, 0.3) is 0 Å². The lowest BCUT2D eigenvalue weighted by Crippen LogP contribution is -2.58. The molecule has 1 saturated carbocycles. The van der Waals surface area contributed by atoms with Crippen molar-refractivity contribution in [1.29, 1.82) is 0 Å². The van der Waals surface area contributed by atoms with Gasteiger partial charge in [0.05, 0.1) is 18.8 Å². The van der Waals surface area contributed by atoms with Gasteiger partial charge in [-0.15, -0.1) is 0 Å². The summed E-state index contributed by atoms with van der Waals surface area (Å²) in [6, 6.07) is 0.0782. The molecule has 0 aromatic rings. The molecule has 0 unspecified atom stereocenters. The van der Waals surface area contributed by atoms with Crippen LogP contribution in [-0.4, -0.2) is 55.4 Å². The number of fused-ring (bicyclic) bond motifs is 1. The zero-order valence-corrected chi connectivity index (χ0v) is 12.3. The summed E-state index contributed by atoms with van der Waals surface area (Å²) in [5, 5.41) is 0. The predicted octanol–water partition coefficient (Wildman–Crippen LogP) is 1.36. The molecule has 2 atom stereocenters. The molecule has 0 bridgehead atoms. The minimum absolute atomic E-state index is 0.0782. The summed E-state index contributed by atoms with van der Waals surface area (Å²) in [4.78, 5) is 0. The first-order chi connectivity index (χ1) is 9.19. The first-order valence-electron chi connectivity index (χ1n) is 7.58. The molecule has 0 aromatic carbocycles. The molecule has 3 aliphatic rings. The Morgan fingerprint density at radius 3 is 2.42 bits per heavy atom. The molecular formula is C13H24N2O3S. The van der Waals surface area contributed by atoms with E-state index in [0.29, 0.717) is 26.2 Å². The summed E-state index contributed by atoms with van der Waals surface area (Å²) >= 11 is 0. The van der Waals surface area contributed by atoms with Crippen LogP contribution in [0.5, 0.6) is 0 Å². The van der Waals surface area contributed by atoms with Gasteiger partial charge in [-0.2, -0.15) is 17.0 Å². The fraction of sp³-hybridized carbons (Fsp3) is 1.00. The molecule has 0 radical (unpaired) electrons. The zero-order valence-electron chi connectivity index (χ0n) is 11.5. The van der Waals surface area contributed by atoms with Crippen molar-refractivity contribution in [3.8, 4) is 0 Å². The molecule has 2 aliphatic heterocycles. The monoisotopic (exact) mass is 288 g/mol. The maximum atomic E-state index is 12.8. The Bertz CT molecular complexity index is 404. The fourth-order valence-corrected chi connectivity index (χ4v) is 5.50. The summed E-state index contributed by atoms with van der Waals surface area (Å²) in [5.41, 5.74) is 0. The number of piperidine rings is 1. The molecule has 3 rings (SSSR count). The number of morpholine rings is 1. The smallest absolute Gasteiger partial charge is 0.282 e. The van der Waals surface area contributed by atoms with Gasteiger partial charge in [-0.3, -0.25) is 0 Å². The molecule has 0 N–H and O–H groups in total. The van der Waals surface area contributed by atoms with Crippen LogP contribution >= 0.6 is 0 Å². The van der Waals surface area contributed by atoms with E-state index in [1.165, 1.54) is 6.42 Å². The Balaban J connectivity index is 1.78. The summed E-state index contributed by atoms with van der Waals surface area (Å²) in [7, 11) is -3.27. The molecule has 3 fully saturated rings. The van der Waals surface area contributed by atoms with Crippen LogP contribution in [-0.2, 0) is 14.9 Å². The van der Waals surface area contributed by atoms with E-state index in [1.807, 2.05) is 0 Å². The highest BCUT2D eigenvalue weighted by Crippen LogP contribution is 2.31. The van der Waals surface area contributed by atoms with Crippen molar-refractivity contribution in [3.05, 3.63) is 0 Å². The topological polar surface area (TPSA) is 49.9 Å². The first kappa shape index (κ1) is 13.8. The Kier molecular flexibility index (Phi) is 4.12. The number of rotatable bonds is 2. The van der Waals surface area contributed by atoms with Gasteiger partial charge in [0.2, 0.25) is 0 Å². The lowest BCUT2D eigenvalue weighted by molar-refractivity contribution is -0.0603. The van der Waals surface area contributed by atoms with E-state index in [9.17, 15) is 8.42 Å². The second-order valence-corrected chi connectivity index (χ2v) is 7.72. The van der Waals surface area contributed by atoms with Crippen LogP contribution in [0, 0.1) is 0 Å². The first-order valence-corrected chi connectivity index (χ1v) is 8.98. The SMILES string of the molecule is O=S(=O)(N1CCCCC1)N1CCO[C@H]2CCCC[C@H]21. The average molecular weight is 288 g/mol. The number of hydrogen-bond acceptors (Lipinski definition) is 3. The fourth-order valence-electron chi connectivity index (χ4n) is 3.59. The van der Waals surface area contributed by atoms with E-state index >= 15 is 0 Å². The van der Waals surface area contributed by atoms with Gasteiger partial charge in [-0.25, -0.2) is 0 Å². The van der Waals surface area contributed by atoms with Crippen molar-refractivity contribution >= 4 is 10.2 Å². The molecule has 0 aromatic heterocycles. The summed E-state index contributed by atoms with van der Waals surface area (Å²) in [6.45, 7) is 2.46. The average Bonchev–Trinajstić information content (AvgIpc) is 2.47. The van der Waals surface area contributed by atoms with Crippen LogP contribution in [0.1, 0.15) is 44.9 Å². The van der Waals surface area contributed by atoms with E-state index in [2.05, 4.69) is 0 Å². The quantitative estimate of drug-likeness (QED) is 0.771. The number of nitrogens with zero attached hydrogens (tertiary/aromatic N) is 2.